The number of amides is 1. The smallest absolute Gasteiger partial charge is 0.276 e. The second-order valence-corrected chi connectivity index (χ2v) is 5.45. The van der Waals surface area contributed by atoms with Crippen LogP contribution in [-0.4, -0.2) is 17.9 Å². The van der Waals surface area contributed by atoms with E-state index in [1.54, 1.807) is 48.5 Å². The van der Waals surface area contributed by atoms with Crippen LogP contribution in [0.25, 0.3) is 0 Å². The monoisotopic (exact) mass is 328 g/mol. The first-order valence-electron chi connectivity index (χ1n) is 7.74. The lowest BCUT2D eigenvalue weighted by Crippen LogP contribution is -2.27. The molecular formula is C20H16N4O. The van der Waals surface area contributed by atoms with Crippen LogP contribution in [0.3, 0.4) is 0 Å². The molecule has 1 N–H and O–H groups in total. The molecule has 0 saturated heterocycles. The number of nitriles is 1. The van der Waals surface area contributed by atoms with E-state index < -0.39 is 0 Å². The Morgan fingerprint density at radius 3 is 2.56 bits per heavy atom. The third-order valence-electron chi connectivity index (χ3n) is 3.71. The average Bonchev–Trinajstić information content (AvgIpc) is 2.68. The molecule has 122 valence electrons. The molecule has 0 fully saturated rings. The third kappa shape index (κ3) is 3.82. The molecule has 25 heavy (non-hydrogen) atoms. The molecule has 2 aromatic carbocycles. The Morgan fingerprint density at radius 1 is 1.04 bits per heavy atom. The summed E-state index contributed by atoms with van der Waals surface area (Å²) in [6.45, 7) is 0. The summed E-state index contributed by atoms with van der Waals surface area (Å²) in [6.07, 6.45) is 1.59. The van der Waals surface area contributed by atoms with Gasteiger partial charge in [-0.1, -0.05) is 24.3 Å². The average molecular weight is 328 g/mol. The zero-order chi connectivity index (χ0) is 17.6. The highest BCUT2D eigenvalue weighted by Crippen LogP contribution is 2.19. The fourth-order valence-corrected chi connectivity index (χ4v) is 2.40. The summed E-state index contributed by atoms with van der Waals surface area (Å²) in [7, 11) is 1.72. The van der Waals surface area contributed by atoms with Crippen molar-refractivity contribution in [1.82, 2.24) is 4.98 Å². The van der Waals surface area contributed by atoms with Crippen LogP contribution in [0.15, 0.2) is 72.9 Å². The number of carbonyl (C=O) groups excluding carboxylic acids is 1. The van der Waals surface area contributed by atoms with E-state index in [9.17, 15) is 4.79 Å². The van der Waals surface area contributed by atoms with Crippen LogP contribution in [0.5, 0.6) is 0 Å². The maximum Gasteiger partial charge on any atom is 0.276 e. The first-order chi connectivity index (χ1) is 12.2. The fourth-order valence-electron chi connectivity index (χ4n) is 2.40. The third-order valence-corrected chi connectivity index (χ3v) is 3.71. The molecule has 0 radical (unpaired) electrons. The lowest BCUT2D eigenvalue weighted by molar-refractivity contribution is 0.0988. The van der Waals surface area contributed by atoms with E-state index in [0.717, 1.165) is 17.1 Å². The molecule has 1 aromatic heterocycles. The summed E-state index contributed by atoms with van der Waals surface area (Å²) in [5.74, 6) is -0.194. The zero-order valence-electron chi connectivity index (χ0n) is 13.7. The van der Waals surface area contributed by atoms with Gasteiger partial charge in [-0.15, -0.1) is 0 Å². The van der Waals surface area contributed by atoms with Gasteiger partial charge in [0, 0.05) is 30.3 Å². The molecule has 3 rings (SSSR count). The highest BCUT2D eigenvalue weighted by molar-refractivity contribution is 6.04. The number of carbonyl (C=O) groups is 1. The van der Waals surface area contributed by atoms with Gasteiger partial charge < -0.3 is 10.2 Å². The minimum atomic E-state index is -0.194. The molecule has 0 saturated carbocycles. The molecule has 0 unspecified atom stereocenters. The van der Waals surface area contributed by atoms with E-state index >= 15 is 0 Å². The van der Waals surface area contributed by atoms with Gasteiger partial charge in [0.1, 0.15) is 5.69 Å². The Labute approximate surface area is 146 Å². The summed E-state index contributed by atoms with van der Waals surface area (Å²) >= 11 is 0. The maximum atomic E-state index is 12.6. The van der Waals surface area contributed by atoms with Gasteiger partial charge in [0.25, 0.3) is 5.91 Å². The second-order valence-electron chi connectivity index (χ2n) is 5.45. The minimum Gasteiger partial charge on any atom is -0.355 e. The number of hydrogen-bond acceptors (Lipinski definition) is 4. The number of benzene rings is 2. The van der Waals surface area contributed by atoms with Gasteiger partial charge in [0.2, 0.25) is 0 Å². The molecule has 1 heterocycles. The van der Waals surface area contributed by atoms with Crippen molar-refractivity contribution in [1.29, 1.82) is 5.26 Å². The molecule has 5 nitrogen and oxygen atoms in total. The Bertz CT molecular complexity index is 932. The number of rotatable bonds is 4. The molecule has 3 aromatic rings. The van der Waals surface area contributed by atoms with Crippen LogP contribution in [0, 0.1) is 11.3 Å². The second kappa shape index (κ2) is 7.28. The van der Waals surface area contributed by atoms with Crippen LogP contribution in [-0.2, 0) is 0 Å². The van der Waals surface area contributed by atoms with Gasteiger partial charge in [0.15, 0.2) is 0 Å². The van der Waals surface area contributed by atoms with E-state index in [4.69, 9.17) is 5.26 Å². The van der Waals surface area contributed by atoms with Gasteiger partial charge >= 0.3 is 0 Å². The van der Waals surface area contributed by atoms with E-state index in [1.807, 2.05) is 36.4 Å². The SMILES string of the molecule is CN(C(=O)c1cc(Nc2cccc(C#N)c2)ccn1)c1ccccc1. The van der Waals surface area contributed by atoms with E-state index in [2.05, 4.69) is 16.4 Å². The highest BCUT2D eigenvalue weighted by atomic mass is 16.2. The molecule has 0 spiro atoms. The minimum absolute atomic E-state index is 0.194. The molecule has 0 aliphatic rings. The molecule has 0 bridgehead atoms. The molecule has 0 atom stereocenters. The predicted octanol–water partition coefficient (Wildman–Crippen LogP) is 3.97. The summed E-state index contributed by atoms with van der Waals surface area (Å²) in [5.41, 5.74) is 3.22. The largest absolute Gasteiger partial charge is 0.355 e. The molecule has 5 heteroatoms. The Balaban J connectivity index is 1.81. The summed E-state index contributed by atoms with van der Waals surface area (Å²) in [5, 5.41) is 12.2. The zero-order valence-corrected chi connectivity index (χ0v) is 13.7. The van der Waals surface area contributed by atoms with Crippen molar-refractivity contribution < 1.29 is 4.79 Å². The van der Waals surface area contributed by atoms with Crippen molar-refractivity contribution in [2.45, 2.75) is 0 Å². The van der Waals surface area contributed by atoms with Crippen molar-refractivity contribution in [2.75, 3.05) is 17.3 Å². The normalized spacial score (nSPS) is 9.92. The van der Waals surface area contributed by atoms with Crippen molar-refractivity contribution in [3.05, 3.63) is 84.2 Å². The van der Waals surface area contributed by atoms with Gasteiger partial charge in [-0.3, -0.25) is 9.78 Å². The Hall–Kier alpha value is -3.65. The first-order valence-corrected chi connectivity index (χ1v) is 7.74. The van der Waals surface area contributed by atoms with Crippen LogP contribution in [0.2, 0.25) is 0 Å². The van der Waals surface area contributed by atoms with E-state index in [1.165, 1.54) is 0 Å². The lowest BCUT2D eigenvalue weighted by Gasteiger charge is -2.17. The topological polar surface area (TPSA) is 69.0 Å². The fraction of sp³-hybridized carbons (Fsp3) is 0.0500. The number of hydrogen-bond donors (Lipinski definition) is 1. The number of anilines is 3. The first kappa shape index (κ1) is 16.2. The molecule has 1 amide bonds. The van der Waals surface area contributed by atoms with Crippen LogP contribution in [0.4, 0.5) is 17.1 Å². The van der Waals surface area contributed by atoms with E-state index in [-0.39, 0.29) is 5.91 Å². The number of aromatic nitrogens is 1. The number of pyridine rings is 1. The van der Waals surface area contributed by atoms with Gasteiger partial charge in [-0.25, -0.2) is 0 Å². The predicted molar refractivity (Wildman–Crippen MR) is 97.9 cm³/mol. The number of nitrogens with zero attached hydrogens (tertiary/aromatic N) is 3. The molecule has 0 aliphatic heterocycles. The Kier molecular flexibility index (Phi) is 4.72. The summed E-state index contributed by atoms with van der Waals surface area (Å²) in [6, 6.07) is 22.1. The quantitative estimate of drug-likeness (QED) is 0.786. The number of nitrogens with one attached hydrogen (secondary N) is 1. The van der Waals surface area contributed by atoms with Crippen LogP contribution < -0.4 is 10.2 Å². The number of para-hydroxylation sites is 1. The molecular weight excluding hydrogens is 312 g/mol. The Morgan fingerprint density at radius 2 is 1.80 bits per heavy atom. The van der Waals surface area contributed by atoms with Crippen LogP contribution in [0.1, 0.15) is 16.1 Å². The summed E-state index contributed by atoms with van der Waals surface area (Å²) < 4.78 is 0. The van der Waals surface area contributed by atoms with Gasteiger partial charge in [0.05, 0.1) is 11.6 Å². The van der Waals surface area contributed by atoms with Crippen molar-refractivity contribution >= 4 is 23.0 Å². The maximum absolute atomic E-state index is 12.6. The van der Waals surface area contributed by atoms with Gasteiger partial charge in [-0.2, -0.15) is 5.26 Å². The van der Waals surface area contributed by atoms with Crippen molar-refractivity contribution in [3.63, 3.8) is 0 Å². The summed E-state index contributed by atoms with van der Waals surface area (Å²) in [4.78, 5) is 18.4. The van der Waals surface area contributed by atoms with Gasteiger partial charge in [-0.05, 0) is 42.5 Å². The van der Waals surface area contributed by atoms with E-state index in [0.29, 0.717) is 11.3 Å². The lowest BCUT2D eigenvalue weighted by atomic mass is 10.2. The van der Waals surface area contributed by atoms with Crippen LogP contribution >= 0.6 is 0 Å². The standard InChI is InChI=1S/C20H16N4O/c1-24(18-8-3-2-4-9-18)20(25)19-13-17(10-11-22-19)23-16-7-5-6-15(12-16)14-21/h2-13H,1H3,(H,22,23). The van der Waals surface area contributed by atoms with Crippen molar-refractivity contribution in [2.24, 2.45) is 0 Å². The highest BCUT2D eigenvalue weighted by Gasteiger charge is 2.15. The molecule has 0 aliphatic carbocycles. The van der Waals surface area contributed by atoms with Crippen molar-refractivity contribution in [3.8, 4) is 6.07 Å².